The molecule has 2 aliphatic heterocycles. The summed E-state index contributed by atoms with van der Waals surface area (Å²) in [5, 5.41) is 63.5. The Labute approximate surface area is 290 Å². The van der Waals surface area contributed by atoms with Crippen LogP contribution in [0.15, 0.2) is 57.7 Å². The molecule has 0 aliphatic carbocycles. The first-order valence-electron chi connectivity index (χ1n) is 16.3. The van der Waals surface area contributed by atoms with Gasteiger partial charge in [0.1, 0.15) is 52.7 Å². The number of aliphatic hydroxyl groups is 3. The highest BCUT2D eigenvalue weighted by Crippen LogP contribution is 2.44. The van der Waals surface area contributed by atoms with Crippen molar-refractivity contribution in [2.45, 2.75) is 49.1 Å². The summed E-state index contributed by atoms with van der Waals surface area (Å²) in [7, 11) is 1.67. The monoisotopic (exact) mass is 711 g/mol. The lowest BCUT2D eigenvalue weighted by Gasteiger charge is -2.47. The van der Waals surface area contributed by atoms with E-state index in [2.05, 4.69) is 20.9 Å². The topological polar surface area (TPSA) is 263 Å². The van der Waals surface area contributed by atoms with Gasteiger partial charge < -0.3 is 75.6 Å². The van der Waals surface area contributed by atoms with Crippen LogP contribution in [0.2, 0.25) is 0 Å². The quantitative estimate of drug-likeness (QED) is 0.0762. The maximum absolute atomic E-state index is 13.4. The largest absolute Gasteiger partial charge is 0.504 e. The number of hydrogen-bond acceptors (Lipinski definition) is 15. The zero-order valence-electron chi connectivity index (χ0n) is 27.6. The van der Waals surface area contributed by atoms with Crippen molar-refractivity contribution in [3.63, 3.8) is 0 Å². The van der Waals surface area contributed by atoms with Gasteiger partial charge in [-0.25, -0.2) is 4.79 Å². The third kappa shape index (κ3) is 7.59. The molecule has 2 aromatic carbocycles. The summed E-state index contributed by atoms with van der Waals surface area (Å²) in [6, 6.07) is 12.5. The number of likely N-dealkylation sites (N-methyl/N-ethyl adjacent to an activating group) is 1. The maximum Gasteiger partial charge on any atom is 0.336 e. The second kappa shape index (κ2) is 15.2. The molecule has 17 nitrogen and oxygen atoms in total. The van der Waals surface area contributed by atoms with E-state index < -0.39 is 53.4 Å². The van der Waals surface area contributed by atoms with Crippen LogP contribution in [-0.4, -0.2) is 113 Å². The smallest absolute Gasteiger partial charge is 0.336 e. The Kier molecular flexibility index (Phi) is 10.7. The fourth-order valence-corrected chi connectivity index (χ4v) is 6.21. The maximum atomic E-state index is 13.4. The Morgan fingerprint density at radius 2 is 1.90 bits per heavy atom. The summed E-state index contributed by atoms with van der Waals surface area (Å²) in [4.78, 5) is 28.7. The zero-order chi connectivity index (χ0) is 36.3. The first-order valence-corrected chi connectivity index (χ1v) is 16.3. The number of carboxylic acids is 1. The molecule has 0 spiro atoms. The number of nitrogen functional groups attached to an aromatic ring is 1. The Hall–Kier alpha value is -4.88. The fraction of sp³-hybridized carbons (Fsp3) is 0.412. The van der Waals surface area contributed by atoms with Gasteiger partial charge in [-0.2, -0.15) is 0 Å². The number of nitrogens with two attached hydrogens (primary N) is 1. The predicted octanol–water partition coefficient (Wildman–Crippen LogP) is -0.154. The van der Waals surface area contributed by atoms with E-state index >= 15 is 0 Å². The number of fused-ring (bicyclic) bond motifs is 1. The van der Waals surface area contributed by atoms with Crippen molar-refractivity contribution in [3.05, 3.63) is 64.4 Å². The number of phenolic OH excluding ortho intramolecular Hbond substituents is 1. The number of hydrogen-bond donors (Lipinski definition) is 10. The van der Waals surface area contributed by atoms with E-state index in [0.29, 0.717) is 49.9 Å². The van der Waals surface area contributed by atoms with E-state index in [1.54, 1.807) is 37.4 Å². The first kappa shape index (κ1) is 35.9. The molecule has 0 bridgehead atoms. The lowest BCUT2D eigenvalue weighted by molar-refractivity contribution is -0.307. The molecule has 2 fully saturated rings. The highest BCUT2D eigenvalue weighted by Gasteiger charge is 2.59. The van der Waals surface area contributed by atoms with Gasteiger partial charge in [0.25, 0.3) is 0 Å². The summed E-state index contributed by atoms with van der Waals surface area (Å²) in [5.74, 6) is -1.56. The molecule has 6 unspecified atom stereocenters. The number of aliphatic carboxylic acids is 1. The molecule has 4 heterocycles. The average Bonchev–Trinajstić information content (AvgIpc) is 3.77. The predicted molar refractivity (Wildman–Crippen MR) is 182 cm³/mol. The number of phenols is 1. The Morgan fingerprint density at radius 1 is 1.12 bits per heavy atom. The molecular formula is C34H41N5O12. The molecule has 2 saturated heterocycles. The highest BCUT2D eigenvalue weighted by molar-refractivity contribution is 5.89. The number of benzene rings is 2. The van der Waals surface area contributed by atoms with Gasteiger partial charge in [-0.1, -0.05) is 0 Å². The van der Waals surface area contributed by atoms with Gasteiger partial charge in [0, 0.05) is 55.6 Å². The van der Waals surface area contributed by atoms with Crippen LogP contribution >= 0.6 is 0 Å². The normalized spacial score (nSPS) is 24.8. The molecule has 6 atom stereocenters. The summed E-state index contributed by atoms with van der Waals surface area (Å²) in [6.45, 7) is 1.51. The minimum absolute atomic E-state index is 0.000547. The van der Waals surface area contributed by atoms with Crippen molar-refractivity contribution in [3.8, 4) is 34.3 Å². The number of aromatic hydroxyl groups is 1. The molecule has 2 aromatic heterocycles. The van der Waals surface area contributed by atoms with E-state index in [9.17, 15) is 35.1 Å². The third-order valence-corrected chi connectivity index (χ3v) is 8.85. The standard InChI is InChI=1S/C34H41N5O12/c1-36-9-11-48-29-24(50-33-28(42)30(43)34(46,31(51-33)32(44)45)14-19-15-37-16-38-19)13-23-26(27(29)41)21(40)12-22(49-23)17-2-5-20(6-3-17)47-10-8-18-4-7-25(35)39-18/h2-7,12-13,19,28,30-31,33,36-39,41-43,46H,8-11,14-16,35H2,1H3,(H,44,45). The van der Waals surface area contributed by atoms with Crippen LogP contribution in [0.4, 0.5) is 5.82 Å². The molecule has 0 saturated carbocycles. The van der Waals surface area contributed by atoms with E-state index in [0.717, 1.165) is 5.69 Å². The van der Waals surface area contributed by atoms with Gasteiger partial charge in [0.2, 0.25) is 12.0 Å². The van der Waals surface area contributed by atoms with Crippen LogP contribution in [0.1, 0.15) is 12.1 Å². The summed E-state index contributed by atoms with van der Waals surface area (Å²) in [5.41, 5.74) is 4.03. The fourth-order valence-electron chi connectivity index (χ4n) is 6.21. The number of aromatic amines is 1. The van der Waals surface area contributed by atoms with E-state index in [1.165, 1.54) is 12.1 Å². The minimum atomic E-state index is -2.40. The second-order valence-electron chi connectivity index (χ2n) is 12.4. The van der Waals surface area contributed by atoms with E-state index in [-0.39, 0.29) is 41.3 Å². The Morgan fingerprint density at radius 3 is 2.57 bits per heavy atom. The van der Waals surface area contributed by atoms with Gasteiger partial charge >= 0.3 is 5.97 Å². The summed E-state index contributed by atoms with van der Waals surface area (Å²) < 4.78 is 29.1. The number of aliphatic hydroxyl groups excluding tert-OH is 2. The number of rotatable bonds is 14. The van der Waals surface area contributed by atoms with E-state index in [1.807, 2.05) is 6.07 Å². The molecule has 11 N–H and O–H groups in total. The number of anilines is 1. The van der Waals surface area contributed by atoms with E-state index in [4.69, 9.17) is 29.1 Å². The molecule has 0 amide bonds. The van der Waals surface area contributed by atoms with Crippen LogP contribution in [0.3, 0.4) is 0 Å². The lowest BCUT2D eigenvalue weighted by Crippen LogP contribution is -2.70. The highest BCUT2D eigenvalue weighted by atomic mass is 16.7. The molecule has 6 rings (SSSR count). The number of carboxylic acid groups (broad SMARTS) is 1. The molecule has 4 aromatic rings. The molecular weight excluding hydrogens is 670 g/mol. The van der Waals surface area contributed by atoms with Gasteiger partial charge in [-0.05, 0) is 49.9 Å². The number of nitrogens with one attached hydrogen (secondary N) is 4. The molecule has 51 heavy (non-hydrogen) atoms. The SMILES string of the molecule is CNCCOc1c(OC2OC(C(=O)O)C(O)(CC3CNCN3)C(O)C2O)cc2oc(-c3ccc(OCCc4ccc(N)[nH]4)cc3)cc(=O)c2c1O. The van der Waals surface area contributed by atoms with Crippen LogP contribution in [0.5, 0.6) is 23.0 Å². The molecule has 274 valence electrons. The molecule has 17 heteroatoms. The molecule has 0 radical (unpaired) electrons. The zero-order valence-corrected chi connectivity index (χ0v) is 27.6. The first-order chi connectivity index (χ1) is 24.5. The number of ether oxygens (including phenoxy) is 4. The van der Waals surface area contributed by atoms with Crippen LogP contribution in [-0.2, 0) is 16.0 Å². The van der Waals surface area contributed by atoms with Crippen LogP contribution in [0, 0.1) is 0 Å². The summed E-state index contributed by atoms with van der Waals surface area (Å²) in [6.07, 6.45) is -7.51. The number of H-pyrrole nitrogens is 1. The van der Waals surface area contributed by atoms with Crippen molar-refractivity contribution < 1.29 is 53.7 Å². The van der Waals surface area contributed by atoms with Crippen molar-refractivity contribution in [1.29, 1.82) is 0 Å². The van der Waals surface area contributed by atoms with Crippen molar-refractivity contribution in [1.82, 2.24) is 20.9 Å². The van der Waals surface area contributed by atoms with Gasteiger partial charge in [-0.15, -0.1) is 0 Å². The van der Waals surface area contributed by atoms with Crippen molar-refractivity contribution in [2.24, 2.45) is 0 Å². The van der Waals surface area contributed by atoms with Crippen molar-refractivity contribution >= 4 is 22.8 Å². The third-order valence-electron chi connectivity index (χ3n) is 8.85. The Bertz CT molecular complexity index is 1890. The number of carbonyl (C=O) groups is 1. The molecule has 2 aliphatic rings. The second-order valence-corrected chi connectivity index (χ2v) is 12.4. The van der Waals surface area contributed by atoms with Crippen LogP contribution < -0.4 is 41.3 Å². The lowest BCUT2D eigenvalue weighted by atomic mass is 9.79. The van der Waals surface area contributed by atoms with Crippen molar-refractivity contribution in [2.75, 3.05) is 45.8 Å². The van der Waals surface area contributed by atoms with Gasteiger partial charge in [-0.3, -0.25) is 4.79 Å². The average molecular weight is 712 g/mol. The minimum Gasteiger partial charge on any atom is -0.504 e. The number of aromatic nitrogens is 1. The van der Waals surface area contributed by atoms with Gasteiger partial charge in [0.05, 0.1) is 6.61 Å². The van der Waals surface area contributed by atoms with Crippen LogP contribution in [0.25, 0.3) is 22.3 Å². The summed E-state index contributed by atoms with van der Waals surface area (Å²) >= 11 is 0. The Balaban J connectivity index is 1.28. The van der Waals surface area contributed by atoms with Gasteiger partial charge in [0.15, 0.2) is 23.0 Å².